The fraction of sp³-hybridized carbons (Fsp3) is 0.350. The maximum atomic E-state index is 12.6. The highest BCUT2D eigenvalue weighted by Gasteiger charge is 2.36. The summed E-state index contributed by atoms with van der Waals surface area (Å²) in [6.45, 7) is 2.23. The monoisotopic (exact) mass is 399 g/mol. The molecule has 3 amide bonds. The van der Waals surface area contributed by atoms with Crippen LogP contribution in [0.25, 0.3) is 0 Å². The Bertz CT molecular complexity index is 926. The summed E-state index contributed by atoms with van der Waals surface area (Å²) >= 11 is 0. The number of benzene rings is 1. The van der Waals surface area contributed by atoms with Crippen molar-refractivity contribution in [2.24, 2.45) is 5.92 Å². The normalized spacial score (nSPS) is 18.6. The molecule has 2 atom stereocenters. The van der Waals surface area contributed by atoms with Crippen molar-refractivity contribution in [2.75, 3.05) is 18.2 Å². The predicted molar refractivity (Wildman–Crippen MR) is 101 cm³/mol. The molecule has 1 unspecified atom stereocenters. The number of hydrogen-bond donors (Lipinski definition) is 2. The Kier molecular flexibility index (Phi) is 5.11. The molecule has 2 aliphatic heterocycles. The maximum Gasteiger partial charge on any atom is 0.242 e. The molecule has 1 saturated heterocycles. The molecule has 1 aromatic heterocycles. The Hall–Kier alpha value is -3.49. The highest BCUT2D eigenvalue weighted by molar-refractivity contribution is 6.01. The molecule has 9 nitrogen and oxygen atoms in total. The first-order chi connectivity index (χ1) is 14.0. The second-order valence-corrected chi connectivity index (χ2v) is 6.97. The van der Waals surface area contributed by atoms with Gasteiger partial charge >= 0.3 is 0 Å². The van der Waals surface area contributed by atoms with Crippen LogP contribution in [-0.4, -0.2) is 37.1 Å². The highest BCUT2D eigenvalue weighted by atomic mass is 16.7. The second-order valence-electron chi connectivity index (χ2n) is 6.97. The number of furan rings is 1. The average molecular weight is 399 g/mol. The summed E-state index contributed by atoms with van der Waals surface area (Å²) in [5.41, 5.74) is 0.652. The molecule has 0 saturated carbocycles. The van der Waals surface area contributed by atoms with Gasteiger partial charge in [-0.2, -0.15) is 0 Å². The van der Waals surface area contributed by atoms with E-state index in [2.05, 4.69) is 10.6 Å². The van der Waals surface area contributed by atoms with Gasteiger partial charge in [-0.05, 0) is 31.2 Å². The first kappa shape index (κ1) is 18.9. The Balaban J connectivity index is 1.32. The van der Waals surface area contributed by atoms with E-state index in [9.17, 15) is 14.4 Å². The van der Waals surface area contributed by atoms with Gasteiger partial charge in [0.25, 0.3) is 0 Å². The van der Waals surface area contributed by atoms with Crippen LogP contribution in [0.4, 0.5) is 5.69 Å². The Morgan fingerprint density at radius 1 is 1.24 bits per heavy atom. The van der Waals surface area contributed by atoms with E-state index >= 15 is 0 Å². The van der Waals surface area contributed by atoms with E-state index in [0.717, 1.165) is 0 Å². The Labute approximate surface area is 166 Å². The molecule has 2 aliphatic rings. The first-order valence-corrected chi connectivity index (χ1v) is 9.32. The van der Waals surface area contributed by atoms with Crippen LogP contribution < -0.4 is 25.0 Å². The summed E-state index contributed by atoms with van der Waals surface area (Å²) in [7, 11) is 0. The number of rotatable bonds is 6. The van der Waals surface area contributed by atoms with Crippen LogP contribution in [0.5, 0.6) is 11.5 Å². The number of nitrogens with one attached hydrogen (secondary N) is 2. The van der Waals surface area contributed by atoms with Gasteiger partial charge in [-0.25, -0.2) is 0 Å². The number of carbonyl (C=O) groups excluding carboxylic acids is 3. The Morgan fingerprint density at radius 2 is 2.07 bits per heavy atom. The largest absolute Gasteiger partial charge is 0.467 e. The molecule has 1 aromatic carbocycles. The minimum Gasteiger partial charge on any atom is -0.467 e. The van der Waals surface area contributed by atoms with Crippen LogP contribution in [0, 0.1) is 5.92 Å². The quantitative estimate of drug-likeness (QED) is 0.755. The molecule has 3 heterocycles. The fourth-order valence-corrected chi connectivity index (χ4v) is 3.32. The van der Waals surface area contributed by atoms with Crippen molar-refractivity contribution in [1.82, 2.24) is 10.6 Å². The summed E-state index contributed by atoms with van der Waals surface area (Å²) in [6.07, 6.45) is 1.61. The molecular formula is C20H21N3O6. The zero-order valence-corrected chi connectivity index (χ0v) is 15.8. The van der Waals surface area contributed by atoms with E-state index in [0.29, 0.717) is 22.9 Å². The summed E-state index contributed by atoms with van der Waals surface area (Å²) in [6, 6.07) is 7.98. The van der Waals surface area contributed by atoms with Crippen LogP contribution in [0.2, 0.25) is 0 Å². The molecule has 9 heteroatoms. The minimum absolute atomic E-state index is 0.0843. The zero-order chi connectivity index (χ0) is 20.4. The maximum absolute atomic E-state index is 12.6. The van der Waals surface area contributed by atoms with Gasteiger partial charge in [-0.15, -0.1) is 0 Å². The first-order valence-electron chi connectivity index (χ1n) is 9.32. The third-order valence-corrected chi connectivity index (χ3v) is 4.93. The number of ether oxygens (including phenoxy) is 2. The van der Waals surface area contributed by atoms with Gasteiger partial charge in [0, 0.05) is 24.7 Å². The average Bonchev–Trinajstić information content (AvgIpc) is 3.45. The fourth-order valence-electron chi connectivity index (χ4n) is 3.32. The third kappa shape index (κ3) is 4.03. The zero-order valence-electron chi connectivity index (χ0n) is 15.8. The van der Waals surface area contributed by atoms with Gasteiger partial charge in [0.05, 0.1) is 18.7 Å². The number of carbonyl (C=O) groups is 3. The summed E-state index contributed by atoms with van der Waals surface area (Å²) < 4.78 is 15.8. The van der Waals surface area contributed by atoms with Crippen molar-refractivity contribution < 1.29 is 28.3 Å². The predicted octanol–water partition coefficient (Wildman–Crippen LogP) is 1.18. The van der Waals surface area contributed by atoms with Crippen molar-refractivity contribution in [3.63, 3.8) is 0 Å². The van der Waals surface area contributed by atoms with Crippen LogP contribution >= 0.6 is 0 Å². The van der Waals surface area contributed by atoms with Crippen molar-refractivity contribution in [2.45, 2.75) is 25.9 Å². The van der Waals surface area contributed by atoms with E-state index in [1.807, 2.05) is 0 Å². The van der Waals surface area contributed by atoms with E-state index in [-0.39, 0.29) is 44.0 Å². The number of fused-ring (bicyclic) bond motifs is 1. The van der Waals surface area contributed by atoms with Crippen LogP contribution in [0.1, 0.15) is 19.1 Å². The van der Waals surface area contributed by atoms with E-state index in [1.54, 1.807) is 42.2 Å². The molecule has 152 valence electrons. The molecule has 0 bridgehead atoms. The summed E-state index contributed by atoms with van der Waals surface area (Å²) in [5.74, 6) is 0.480. The number of hydrogen-bond acceptors (Lipinski definition) is 6. The Morgan fingerprint density at radius 3 is 2.86 bits per heavy atom. The van der Waals surface area contributed by atoms with E-state index in [4.69, 9.17) is 13.9 Å². The molecule has 4 rings (SSSR count). The molecular weight excluding hydrogens is 378 g/mol. The standard InChI is InChI=1S/C20H21N3O6/c1-12(19(25)21-9-15-3-2-6-27-15)22-20(26)13-7-18(24)23(10-13)14-4-5-16-17(8-14)29-11-28-16/h2-6,8,12-13H,7,9-11H2,1H3,(H,21,25)(H,22,26)/t12-,13?/m1/s1. The summed E-state index contributed by atoms with van der Waals surface area (Å²) in [4.78, 5) is 38.7. The van der Waals surface area contributed by atoms with Gasteiger partial charge < -0.3 is 29.4 Å². The molecule has 0 spiro atoms. The van der Waals surface area contributed by atoms with Gasteiger partial charge in [-0.3, -0.25) is 14.4 Å². The molecule has 2 aromatic rings. The SMILES string of the molecule is C[C@@H](NC(=O)C1CC(=O)N(c2ccc3c(c2)OCO3)C1)C(=O)NCc1ccco1. The van der Waals surface area contributed by atoms with Crippen molar-refractivity contribution >= 4 is 23.4 Å². The van der Waals surface area contributed by atoms with Crippen LogP contribution in [0.3, 0.4) is 0 Å². The number of anilines is 1. The van der Waals surface area contributed by atoms with Gasteiger partial charge in [-0.1, -0.05) is 0 Å². The van der Waals surface area contributed by atoms with Crippen molar-refractivity contribution in [1.29, 1.82) is 0 Å². The highest BCUT2D eigenvalue weighted by Crippen LogP contribution is 2.37. The van der Waals surface area contributed by atoms with Gasteiger partial charge in [0.1, 0.15) is 11.8 Å². The van der Waals surface area contributed by atoms with E-state index < -0.39 is 12.0 Å². The van der Waals surface area contributed by atoms with Gasteiger partial charge in [0.15, 0.2) is 11.5 Å². The summed E-state index contributed by atoms with van der Waals surface area (Å²) in [5, 5.41) is 5.38. The van der Waals surface area contributed by atoms with Crippen molar-refractivity contribution in [3.8, 4) is 11.5 Å². The topological polar surface area (TPSA) is 110 Å². The lowest BCUT2D eigenvalue weighted by Gasteiger charge is -2.18. The van der Waals surface area contributed by atoms with Gasteiger partial charge in [0.2, 0.25) is 24.5 Å². The number of amides is 3. The minimum atomic E-state index is -0.729. The second kappa shape index (κ2) is 7.86. The molecule has 29 heavy (non-hydrogen) atoms. The van der Waals surface area contributed by atoms with E-state index in [1.165, 1.54) is 6.26 Å². The van der Waals surface area contributed by atoms with Crippen LogP contribution in [-0.2, 0) is 20.9 Å². The number of nitrogens with zero attached hydrogens (tertiary/aromatic N) is 1. The molecule has 2 N–H and O–H groups in total. The molecule has 0 aliphatic carbocycles. The molecule has 0 radical (unpaired) electrons. The van der Waals surface area contributed by atoms with Crippen LogP contribution in [0.15, 0.2) is 41.0 Å². The smallest absolute Gasteiger partial charge is 0.242 e. The lowest BCUT2D eigenvalue weighted by atomic mass is 10.1. The lowest BCUT2D eigenvalue weighted by molar-refractivity contribution is -0.131. The van der Waals surface area contributed by atoms with Crippen molar-refractivity contribution in [3.05, 3.63) is 42.4 Å². The molecule has 1 fully saturated rings. The third-order valence-electron chi connectivity index (χ3n) is 4.93. The lowest BCUT2D eigenvalue weighted by Crippen LogP contribution is -2.46.